The van der Waals surface area contributed by atoms with Gasteiger partial charge in [0.2, 0.25) is 0 Å². The SMILES string of the molecule is CC(C)(c1[c-]c2c(cc1)-c1ccc(C(C)(C)c3ccccc3)cc1C2)c1ccccc1.[C-]1=CC=CC1.[Cl-].[Cl-].[Ti+2]=[C]1C2CC3CC(C2)CC1C3. The third-order valence-electron chi connectivity index (χ3n) is 11.8. The molecule has 0 atom stereocenters. The molecule has 0 aromatic heterocycles. The van der Waals surface area contributed by atoms with Crippen LogP contribution in [0, 0.1) is 35.8 Å². The van der Waals surface area contributed by atoms with Crippen LogP contribution in [0.2, 0.25) is 0 Å². The first kappa shape index (κ1) is 37.8. The van der Waals surface area contributed by atoms with Gasteiger partial charge in [-0.15, -0.1) is 17.5 Å². The van der Waals surface area contributed by atoms with Gasteiger partial charge in [-0.1, -0.05) is 112 Å². The van der Waals surface area contributed by atoms with E-state index in [4.69, 9.17) is 0 Å². The molecule has 4 aromatic carbocycles. The second kappa shape index (κ2) is 15.8. The molecule has 0 radical (unpaired) electrons. The first-order valence-electron chi connectivity index (χ1n) is 17.8. The molecular formula is C46H48Cl2Ti-2. The number of halogens is 2. The van der Waals surface area contributed by atoms with Crippen LogP contribution in [0.1, 0.15) is 99.6 Å². The van der Waals surface area contributed by atoms with Crippen LogP contribution in [-0.4, -0.2) is 3.81 Å². The van der Waals surface area contributed by atoms with Crippen LogP contribution < -0.4 is 24.8 Å². The first-order chi connectivity index (χ1) is 22.7. The Bertz CT molecular complexity index is 1660. The van der Waals surface area contributed by atoms with Gasteiger partial charge in [-0.2, -0.15) is 29.8 Å². The second-order valence-electron chi connectivity index (χ2n) is 15.6. The van der Waals surface area contributed by atoms with Crippen molar-refractivity contribution >= 4 is 3.81 Å². The predicted molar refractivity (Wildman–Crippen MR) is 194 cm³/mol. The maximum atomic E-state index is 3.80. The first-order valence-corrected chi connectivity index (χ1v) is 18.6. The van der Waals surface area contributed by atoms with Crippen molar-refractivity contribution in [2.24, 2.45) is 23.7 Å². The minimum atomic E-state index is -0.0640. The van der Waals surface area contributed by atoms with Crippen LogP contribution in [0.4, 0.5) is 0 Å². The molecule has 252 valence electrons. The van der Waals surface area contributed by atoms with E-state index in [0.29, 0.717) is 0 Å². The molecular weight excluding hydrogens is 671 g/mol. The zero-order chi connectivity index (χ0) is 32.6. The van der Waals surface area contributed by atoms with E-state index in [-0.39, 0.29) is 35.6 Å². The van der Waals surface area contributed by atoms with Gasteiger partial charge in [0.05, 0.1) is 0 Å². The van der Waals surface area contributed by atoms with Crippen molar-refractivity contribution in [2.45, 2.75) is 83.5 Å². The molecule has 6 aliphatic rings. The van der Waals surface area contributed by atoms with Crippen LogP contribution >= 0.6 is 0 Å². The molecule has 0 spiro atoms. The zero-order valence-corrected chi connectivity index (χ0v) is 32.5. The van der Waals surface area contributed by atoms with Gasteiger partial charge in [-0.3, -0.25) is 6.08 Å². The summed E-state index contributed by atoms with van der Waals surface area (Å²) >= 11 is 2.42. The Morgan fingerprint density at radius 1 is 0.633 bits per heavy atom. The van der Waals surface area contributed by atoms with Crippen LogP contribution in [0.3, 0.4) is 0 Å². The molecule has 0 aliphatic heterocycles. The molecule has 0 nitrogen and oxygen atoms in total. The molecule has 4 aromatic rings. The number of hydrogen-bond donors (Lipinski definition) is 0. The summed E-state index contributed by atoms with van der Waals surface area (Å²) in [4.78, 5) is 0. The van der Waals surface area contributed by atoms with Crippen LogP contribution in [0.15, 0.2) is 109 Å². The summed E-state index contributed by atoms with van der Waals surface area (Å²) in [6.45, 7) is 9.23. The van der Waals surface area contributed by atoms with Crippen molar-refractivity contribution in [3.05, 3.63) is 155 Å². The zero-order valence-electron chi connectivity index (χ0n) is 29.4. The molecule has 0 amide bonds. The average Bonchev–Trinajstić information content (AvgIpc) is 3.79. The van der Waals surface area contributed by atoms with Crippen LogP contribution in [-0.2, 0) is 37.2 Å². The van der Waals surface area contributed by atoms with Crippen molar-refractivity contribution in [3.63, 3.8) is 0 Å². The molecule has 6 aliphatic carbocycles. The van der Waals surface area contributed by atoms with Gasteiger partial charge in [0.15, 0.2) is 0 Å². The van der Waals surface area contributed by atoms with Gasteiger partial charge in [-0.05, 0) is 34.1 Å². The van der Waals surface area contributed by atoms with Crippen LogP contribution in [0.25, 0.3) is 11.1 Å². The topological polar surface area (TPSA) is 0 Å². The minimum absolute atomic E-state index is 0. The van der Waals surface area contributed by atoms with E-state index in [1.807, 2.05) is 16.0 Å². The third kappa shape index (κ3) is 7.89. The summed E-state index contributed by atoms with van der Waals surface area (Å²) < 4.78 is 1.87. The number of fused-ring (bicyclic) bond motifs is 3. The molecule has 0 heterocycles. The van der Waals surface area contributed by atoms with E-state index in [9.17, 15) is 0 Å². The summed E-state index contributed by atoms with van der Waals surface area (Å²) in [5.41, 5.74) is 10.7. The fourth-order valence-corrected chi connectivity index (χ4v) is 9.68. The summed E-state index contributed by atoms with van der Waals surface area (Å²) in [7, 11) is 0. The molecule has 4 fully saturated rings. The third-order valence-corrected chi connectivity index (χ3v) is 13.1. The normalized spacial score (nSPS) is 22.1. The summed E-state index contributed by atoms with van der Waals surface area (Å²) in [5, 5.41) is 0. The van der Waals surface area contributed by atoms with Gasteiger partial charge in [0.25, 0.3) is 0 Å². The average molecular weight is 720 g/mol. The number of hydrogen-bond acceptors (Lipinski definition) is 0. The monoisotopic (exact) mass is 718 g/mol. The van der Waals surface area contributed by atoms with E-state index >= 15 is 0 Å². The fraction of sp³-hybridized carbons (Fsp3) is 0.370. The standard InChI is InChI=1S/C31H29.C10H14.C5H5.2ClH.Ti/c1-30(2,24-11-7-5-8-12-24)26-15-17-28-22(20-26)19-23-21-27(16-18-29(23)28)31(3,4)25-13-9-6-10-14-25;1-7-2-9-4-8(1)5-10(3-7)6-9;1-2-4-5-3-1;;;/h5-18,20H,19H2,1-4H3;7-10H,1-5H2;1-3H,4H2;2*1H;/q-1;;-1;;;+2/p-2. The van der Waals surface area contributed by atoms with Crippen molar-refractivity contribution in [2.75, 3.05) is 0 Å². The van der Waals surface area contributed by atoms with Crippen molar-refractivity contribution in [3.8, 4) is 11.1 Å². The summed E-state index contributed by atoms with van der Waals surface area (Å²) in [6.07, 6.45) is 18.8. The van der Waals surface area contributed by atoms with E-state index in [2.05, 4.69) is 157 Å². The molecule has 4 bridgehead atoms. The van der Waals surface area contributed by atoms with Gasteiger partial charge in [-0.25, -0.2) is 12.2 Å². The van der Waals surface area contributed by atoms with Gasteiger partial charge < -0.3 is 24.8 Å². The van der Waals surface area contributed by atoms with Gasteiger partial charge >= 0.3 is 79.6 Å². The number of rotatable bonds is 4. The summed E-state index contributed by atoms with van der Waals surface area (Å²) in [5.74, 6) is 4.40. The Labute approximate surface area is 319 Å². The van der Waals surface area contributed by atoms with E-state index in [0.717, 1.165) is 36.5 Å². The van der Waals surface area contributed by atoms with E-state index in [1.54, 1.807) is 32.1 Å². The van der Waals surface area contributed by atoms with E-state index < -0.39 is 0 Å². The fourth-order valence-electron chi connectivity index (χ4n) is 8.94. The number of allylic oxidation sites excluding steroid dienone is 4. The maximum absolute atomic E-state index is 3.80. The molecule has 0 unspecified atom stereocenters. The van der Waals surface area contributed by atoms with Gasteiger partial charge in [0, 0.05) is 5.41 Å². The molecule has 0 N–H and O–H groups in total. The van der Waals surface area contributed by atoms with Crippen LogP contribution in [0.5, 0.6) is 0 Å². The second-order valence-corrected chi connectivity index (χ2v) is 16.5. The molecule has 4 saturated carbocycles. The quantitative estimate of drug-likeness (QED) is 0.178. The summed E-state index contributed by atoms with van der Waals surface area (Å²) in [6, 6.07) is 37.0. The number of benzene rings is 4. The van der Waals surface area contributed by atoms with Crippen molar-refractivity contribution in [1.29, 1.82) is 0 Å². The van der Waals surface area contributed by atoms with Crippen molar-refractivity contribution in [1.82, 2.24) is 0 Å². The van der Waals surface area contributed by atoms with E-state index in [1.165, 1.54) is 44.5 Å². The molecule has 49 heavy (non-hydrogen) atoms. The molecule has 0 saturated heterocycles. The Balaban J connectivity index is 0.000000212. The molecule has 3 heteroatoms. The van der Waals surface area contributed by atoms with Crippen molar-refractivity contribution < 1.29 is 44.8 Å². The predicted octanol–water partition coefficient (Wildman–Crippen LogP) is 5.19. The Morgan fingerprint density at radius 2 is 1.20 bits per heavy atom. The molecule has 10 rings (SSSR count). The Hall–Kier alpha value is -2.48. The Kier molecular flexibility index (Phi) is 12.2. The Morgan fingerprint density at radius 3 is 1.73 bits per heavy atom. The van der Waals surface area contributed by atoms with Gasteiger partial charge in [0.1, 0.15) is 0 Å².